The van der Waals surface area contributed by atoms with Crippen molar-refractivity contribution in [2.24, 2.45) is 0 Å². The first-order valence-corrected chi connectivity index (χ1v) is 11.9. The van der Waals surface area contributed by atoms with Crippen LogP contribution in [0.3, 0.4) is 0 Å². The van der Waals surface area contributed by atoms with E-state index in [2.05, 4.69) is 29.7 Å². The number of aromatic nitrogens is 5. The predicted molar refractivity (Wildman–Crippen MR) is 134 cm³/mol. The van der Waals surface area contributed by atoms with E-state index in [1.54, 1.807) is 18.2 Å². The fourth-order valence-corrected chi connectivity index (χ4v) is 4.20. The van der Waals surface area contributed by atoms with Gasteiger partial charge in [-0.1, -0.05) is 12.1 Å². The van der Waals surface area contributed by atoms with Crippen LogP contribution in [0, 0.1) is 0 Å². The minimum Gasteiger partial charge on any atom is -0.424 e. The molecule has 0 atom stereocenters. The Bertz CT molecular complexity index is 1380. The third-order valence-corrected chi connectivity index (χ3v) is 6.13. The molecule has 0 amide bonds. The van der Waals surface area contributed by atoms with Crippen LogP contribution in [0.5, 0.6) is 11.8 Å². The van der Waals surface area contributed by atoms with E-state index in [0.29, 0.717) is 87.0 Å². The molecule has 2 saturated heterocycles. The molecule has 2 aromatic heterocycles. The van der Waals surface area contributed by atoms with Crippen molar-refractivity contribution in [2.75, 3.05) is 62.4 Å². The van der Waals surface area contributed by atoms with Crippen LogP contribution in [0.1, 0.15) is 0 Å². The van der Waals surface area contributed by atoms with E-state index in [1.807, 2.05) is 30.3 Å². The van der Waals surface area contributed by atoms with Crippen molar-refractivity contribution in [3.05, 3.63) is 58.9 Å². The summed E-state index contributed by atoms with van der Waals surface area (Å²) >= 11 is 0. The van der Waals surface area contributed by atoms with Crippen molar-refractivity contribution in [1.29, 1.82) is 0 Å². The molecule has 184 valence electrons. The smallest absolute Gasteiger partial charge is 0.328 e. The summed E-state index contributed by atoms with van der Waals surface area (Å²) in [5, 5.41) is 0.559. The third-order valence-electron chi connectivity index (χ3n) is 6.13. The highest BCUT2D eigenvalue weighted by Crippen LogP contribution is 2.26. The van der Waals surface area contributed by atoms with Gasteiger partial charge in [0.15, 0.2) is 0 Å². The second-order valence-corrected chi connectivity index (χ2v) is 8.47. The van der Waals surface area contributed by atoms with Gasteiger partial charge in [-0.25, -0.2) is 4.98 Å². The van der Waals surface area contributed by atoms with Crippen LogP contribution >= 0.6 is 0 Å². The summed E-state index contributed by atoms with van der Waals surface area (Å²) < 4.78 is 17.0. The molecular weight excluding hydrogens is 462 g/mol. The van der Waals surface area contributed by atoms with Crippen LogP contribution in [0.25, 0.3) is 22.3 Å². The summed E-state index contributed by atoms with van der Waals surface area (Å²) in [6, 6.07) is 14.8. The molecule has 36 heavy (non-hydrogen) atoms. The molecule has 6 rings (SSSR count). The Morgan fingerprint density at radius 3 is 2.00 bits per heavy atom. The van der Waals surface area contributed by atoms with Gasteiger partial charge in [-0.15, -0.1) is 0 Å². The van der Waals surface area contributed by atoms with E-state index < -0.39 is 0 Å². The fraction of sp³-hybridized carbons (Fsp3) is 0.320. The average molecular weight is 488 g/mol. The van der Waals surface area contributed by atoms with E-state index in [1.165, 1.54) is 0 Å². The molecule has 4 aromatic rings. The van der Waals surface area contributed by atoms with Crippen LogP contribution < -0.4 is 20.1 Å². The summed E-state index contributed by atoms with van der Waals surface area (Å²) in [4.78, 5) is 37.9. The normalized spacial score (nSPS) is 16.3. The number of aromatic amines is 1. The average Bonchev–Trinajstić information content (AvgIpc) is 2.94. The Kier molecular flexibility index (Phi) is 6.14. The molecule has 2 aliphatic rings. The van der Waals surface area contributed by atoms with Gasteiger partial charge in [0.25, 0.3) is 5.56 Å². The Labute approximate surface area is 206 Å². The highest BCUT2D eigenvalue weighted by atomic mass is 16.5. The van der Waals surface area contributed by atoms with Crippen LogP contribution in [0.2, 0.25) is 0 Å². The molecule has 11 heteroatoms. The molecule has 4 heterocycles. The summed E-state index contributed by atoms with van der Waals surface area (Å²) in [5.41, 5.74) is 1.24. The second kappa shape index (κ2) is 9.88. The Morgan fingerprint density at radius 1 is 0.750 bits per heavy atom. The largest absolute Gasteiger partial charge is 0.424 e. The van der Waals surface area contributed by atoms with E-state index in [-0.39, 0.29) is 11.6 Å². The molecule has 2 aromatic carbocycles. The maximum absolute atomic E-state index is 12.4. The number of benzene rings is 2. The van der Waals surface area contributed by atoms with Crippen molar-refractivity contribution in [1.82, 2.24) is 24.9 Å². The van der Waals surface area contributed by atoms with Gasteiger partial charge in [0.05, 0.1) is 37.3 Å². The van der Waals surface area contributed by atoms with Gasteiger partial charge >= 0.3 is 6.01 Å². The maximum Gasteiger partial charge on any atom is 0.328 e. The standard InChI is InChI=1S/C25H25N7O4/c33-22-19-3-1-2-4-20(19)26-21(27-22)17-5-7-18(8-6-17)36-25-29-23(31-9-13-34-14-10-31)28-24(30-25)32-11-15-35-16-12-32/h1-8H,9-16H2,(H,26,27,33). The number of ether oxygens (including phenoxy) is 3. The van der Waals surface area contributed by atoms with Crippen LogP contribution in [0.4, 0.5) is 11.9 Å². The number of nitrogens with one attached hydrogen (secondary N) is 1. The Morgan fingerprint density at radius 2 is 1.36 bits per heavy atom. The number of nitrogens with zero attached hydrogens (tertiary/aromatic N) is 6. The summed E-state index contributed by atoms with van der Waals surface area (Å²) in [7, 11) is 0. The second-order valence-electron chi connectivity index (χ2n) is 8.47. The lowest BCUT2D eigenvalue weighted by atomic mass is 10.2. The molecule has 11 nitrogen and oxygen atoms in total. The number of H-pyrrole nitrogens is 1. The molecule has 1 N–H and O–H groups in total. The number of anilines is 2. The first-order valence-electron chi connectivity index (χ1n) is 11.9. The van der Waals surface area contributed by atoms with E-state index in [4.69, 9.17) is 19.2 Å². The highest BCUT2D eigenvalue weighted by Gasteiger charge is 2.21. The zero-order valence-corrected chi connectivity index (χ0v) is 19.6. The fourth-order valence-electron chi connectivity index (χ4n) is 4.20. The van der Waals surface area contributed by atoms with Crippen molar-refractivity contribution in [3.8, 4) is 23.1 Å². The van der Waals surface area contributed by atoms with Gasteiger partial charge in [0, 0.05) is 31.7 Å². The van der Waals surface area contributed by atoms with Gasteiger partial charge in [-0.2, -0.15) is 15.0 Å². The zero-order valence-electron chi connectivity index (χ0n) is 19.6. The van der Waals surface area contributed by atoms with E-state index in [9.17, 15) is 4.79 Å². The number of fused-ring (bicyclic) bond motifs is 1. The van der Waals surface area contributed by atoms with Gasteiger partial charge in [-0.3, -0.25) is 4.79 Å². The SMILES string of the molecule is O=c1[nH]c(-c2ccc(Oc3nc(N4CCOCC4)nc(N4CCOCC4)n3)cc2)nc2ccccc12. The van der Waals surface area contributed by atoms with Crippen molar-refractivity contribution in [3.63, 3.8) is 0 Å². The van der Waals surface area contributed by atoms with Crippen LogP contribution in [-0.2, 0) is 9.47 Å². The van der Waals surface area contributed by atoms with Gasteiger partial charge in [0.2, 0.25) is 11.9 Å². The molecule has 0 bridgehead atoms. The monoisotopic (exact) mass is 487 g/mol. The lowest BCUT2D eigenvalue weighted by Crippen LogP contribution is -2.40. The Balaban J connectivity index is 1.27. The van der Waals surface area contributed by atoms with E-state index in [0.717, 1.165) is 5.56 Å². The van der Waals surface area contributed by atoms with Gasteiger partial charge in [-0.05, 0) is 36.4 Å². The van der Waals surface area contributed by atoms with Gasteiger partial charge in [0.1, 0.15) is 11.6 Å². The number of rotatable bonds is 5. The minimum absolute atomic E-state index is 0.174. The number of morpholine rings is 2. The van der Waals surface area contributed by atoms with Crippen molar-refractivity contribution in [2.45, 2.75) is 0 Å². The van der Waals surface area contributed by atoms with Crippen LogP contribution in [0.15, 0.2) is 53.3 Å². The Hall–Kier alpha value is -4.09. The zero-order chi connectivity index (χ0) is 24.3. The summed E-state index contributed by atoms with van der Waals surface area (Å²) in [6.45, 7) is 5.33. The lowest BCUT2D eigenvalue weighted by Gasteiger charge is -2.30. The lowest BCUT2D eigenvalue weighted by molar-refractivity contribution is 0.121. The third kappa shape index (κ3) is 4.70. The summed E-state index contributed by atoms with van der Waals surface area (Å²) in [6.07, 6.45) is 0. The first kappa shape index (κ1) is 22.4. The summed E-state index contributed by atoms with van der Waals surface area (Å²) in [5.74, 6) is 2.20. The quantitative estimate of drug-likeness (QED) is 0.449. The molecule has 0 radical (unpaired) electrons. The number of hydrogen-bond acceptors (Lipinski definition) is 10. The molecule has 0 saturated carbocycles. The molecular formula is C25H25N7O4. The molecule has 0 spiro atoms. The molecule has 0 aliphatic carbocycles. The minimum atomic E-state index is -0.174. The number of hydrogen-bond donors (Lipinski definition) is 1. The molecule has 2 aliphatic heterocycles. The van der Waals surface area contributed by atoms with E-state index >= 15 is 0 Å². The molecule has 0 unspecified atom stereocenters. The van der Waals surface area contributed by atoms with Crippen molar-refractivity contribution >= 4 is 22.8 Å². The highest BCUT2D eigenvalue weighted by molar-refractivity contribution is 5.79. The maximum atomic E-state index is 12.4. The number of para-hydroxylation sites is 1. The first-order chi connectivity index (χ1) is 17.7. The van der Waals surface area contributed by atoms with Crippen LogP contribution in [-0.4, -0.2) is 77.5 Å². The predicted octanol–water partition coefficient (Wildman–Crippen LogP) is 2.24. The van der Waals surface area contributed by atoms with Gasteiger partial charge < -0.3 is 29.0 Å². The van der Waals surface area contributed by atoms with Crippen molar-refractivity contribution < 1.29 is 14.2 Å². The molecule has 2 fully saturated rings. The topological polar surface area (TPSA) is 119 Å².